The Bertz CT molecular complexity index is 1010. The van der Waals surface area contributed by atoms with E-state index in [0.29, 0.717) is 12.3 Å². The summed E-state index contributed by atoms with van der Waals surface area (Å²) in [6, 6.07) is 15.9. The van der Waals surface area contributed by atoms with Crippen LogP contribution in [-0.2, 0) is 11.3 Å². The van der Waals surface area contributed by atoms with Crippen molar-refractivity contribution in [3.63, 3.8) is 0 Å². The van der Waals surface area contributed by atoms with Gasteiger partial charge >= 0.3 is 0 Å². The first-order valence-corrected chi connectivity index (χ1v) is 9.98. The van der Waals surface area contributed by atoms with Crippen molar-refractivity contribution in [1.29, 1.82) is 0 Å². The highest BCUT2D eigenvalue weighted by Crippen LogP contribution is 2.28. The Morgan fingerprint density at radius 2 is 2.08 bits per heavy atom. The van der Waals surface area contributed by atoms with E-state index in [-0.39, 0.29) is 5.91 Å². The fourth-order valence-corrected chi connectivity index (χ4v) is 4.02. The van der Waals surface area contributed by atoms with Gasteiger partial charge in [-0.05, 0) is 23.1 Å². The summed E-state index contributed by atoms with van der Waals surface area (Å²) in [6.07, 6.45) is 3.54. The normalized spacial score (nSPS) is 10.9. The van der Waals surface area contributed by atoms with Crippen LogP contribution in [0.1, 0.15) is 5.56 Å². The van der Waals surface area contributed by atoms with E-state index >= 15 is 0 Å². The third kappa shape index (κ3) is 3.79. The van der Waals surface area contributed by atoms with Crippen molar-refractivity contribution in [2.75, 3.05) is 5.75 Å². The van der Waals surface area contributed by atoms with E-state index < -0.39 is 0 Å². The number of amides is 1. The minimum atomic E-state index is -0.0133. The number of thioether (sulfide) groups is 1. The lowest BCUT2D eigenvalue weighted by Gasteiger charge is -2.05. The topological polar surface area (TPSA) is 59.3 Å². The van der Waals surface area contributed by atoms with Crippen molar-refractivity contribution < 1.29 is 4.79 Å². The molecule has 0 spiro atoms. The maximum atomic E-state index is 12.1. The van der Waals surface area contributed by atoms with Gasteiger partial charge in [-0.1, -0.05) is 48.2 Å². The van der Waals surface area contributed by atoms with Crippen molar-refractivity contribution in [1.82, 2.24) is 19.9 Å². The van der Waals surface area contributed by atoms with Crippen LogP contribution >= 0.6 is 23.1 Å². The van der Waals surface area contributed by atoms with Crippen LogP contribution in [0.3, 0.4) is 0 Å². The molecule has 130 valence electrons. The number of nitrogens with zero attached hydrogens (tertiary/aromatic N) is 3. The minimum Gasteiger partial charge on any atom is -0.351 e. The minimum absolute atomic E-state index is 0.0133. The fourth-order valence-electron chi connectivity index (χ4n) is 2.54. The number of hydrogen-bond donors (Lipinski definition) is 1. The van der Waals surface area contributed by atoms with Gasteiger partial charge in [0.25, 0.3) is 0 Å². The van der Waals surface area contributed by atoms with Gasteiger partial charge in [0.1, 0.15) is 10.7 Å². The highest BCUT2D eigenvalue weighted by molar-refractivity contribution is 8.00. The summed E-state index contributed by atoms with van der Waals surface area (Å²) in [5.74, 6) is 0.305. The molecule has 0 aliphatic carbocycles. The monoisotopic (exact) mass is 380 g/mol. The number of nitrogens with one attached hydrogen (secondary N) is 1. The second kappa shape index (κ2) is 7.72. The molecule has 0 saturated carbocycles. The number of benzene rings is 1. The third-order valence-corrected chi connectivity index (χ3v) is 5.69. The maximum Gasteiger partial charge on any atom is 0.230 e. The van der Waals surface area contributed by atoms with Gasteiger partial charge in [-0.15, -0.1) is 11.3 Å². The summed E-state index contributed by atoms with van der Waals surface area (Å²) in [5.41, 5.74) is 2.92. The first-order chi connectivity index (χ1) is 12.8. The smallest absolute Gasteiger partial charge is 0.230 e. The van der Waals surface area contributed by atoms with E-state index in [9.17, 15) is 4.79 Å². The van der Waals surface area contributed by atoms with Crippen LogP contribution < -0.4 is 5.32 Å². The molecule has 7 heteroatoms. The molecule has 4 rings (SSSR count). The van der Waals surface area contributed by atoms with Crippen molar-refractivity contribution in [2.45, 2.75) is 11.6 Å². The number of aromatic nitrogens is 3. The number of carbonyl (C=O) groups excluding carboxylic acids is 1. The van der Waals surface area contributed by atoms with E-state index in [1.54, 1.807) is 17.5 Å². The van der Waals surface area contributed by atoms with E-state index in [1.165, 1.54) is 11.8 Å². The van der Waals surface area contributed by atoms with Gasteiger partial charge in [0.2, 0.25) is 5.91 Å². The Morgan fingerprint density at radius 3 is 2.88 bits per heavy atom. The Hall–Kier alpha value is -2.64. The highest BCUT2D eigenvalue weighted by Gasteiger charge is 2.11. The molecule has 1 N–H and O–H groups in total. The molecule has 1 amide bonds. The van der Waals surface area contributed by atoms with E-state index in [2.05, 4.69) is 15.4 Å². The molecule has 0 bridgehead atoms. The lowest BCUT2D eigenvalue weighted by Crippen LogP contribution is -2.24. The van der Waals surface area contributed by atoms with Crippen LogP contribution in [0.5, 0.6) is 0 Å². The van der Waals surface area contributed by atoms with Crippen LogP contribution in [0, 0.1) is 0 Å². The van der Waals surface area contributed by atoms with Gasteiger partial charge in [0.05, 0.1) is 16.1 Å². The summed E-state index contributed by atoms with van der Waals surface area (Å²) in [4.78, 5) is 17.7. The molecule has 26 heavy (non-hydrogen) atoms. The Kier molecular flexibility index (Phi) is 4.99. The second-order valence-corrected chi connectivity index (χ2v) is 7.53. The zero-order chi connectivity index (χ0) is 17.8. The predicted octanol–water partition coefficient (Wildman–Crippen LogP) is 3.87. The van der Waals surface area contributed by atoms with Crippen LogP contribution in [-0.4, -0.2) is 26.3 Å². The fraction of sp³-hybridized carbons (Fsp3) is 0.105. The van der Waals surface area contributed by atoms with Gasteiger partial charge in [-0.3, -0.25) is 4.79 Å². The Balaban J connectivity index is 1.43. The predicted molar refractivity (Wildman–Crippen MR) is 105 cm³/mol. The largest absolute Gasteiger partial charge is 0.351 e. The van der Waals surface area contributed by atoms with Gasteiger partial charge in [0, 0.05) is 18.9 Å². The summed E-state index contributed by atoms with van der Waals surface area (Å²) in [7, 11) is 0. The lowest BCUT2D eigenvalue weighted by atomic mass is 10.2. The zero-order valence-corrected chi connectivity index (χ0v) is 15.5. The summed E-state index contributed by atoms with van der Waals surface area (Å²) in [6.45, 7) is 0.535. The molecule has 4 aromatic rings. The lowest BCUT2D eigenvalue weighted by molar-refractivity contribution is -0.118. The van der Waals surface area contributed by atoms with E-state index in [4.69, 9.17) is 0 Å². The number of rotatable bonds is 6. The quantitative estimate of drug-likeness (QED) is 0.516. The molecular formula is C19H16N4OS2. The summed E-state index contributed by atoms with van der Waals surface area (Å²) in [5, 5.41) is 10.4. The van der Waals surface area contributed by atoms with E-state index in [1.807, 2.05) is 64.6 Å². The van der Waals surface area contributed by atoms with Crippen LogP contribution in [0.15, 0.2) is 71.3 Å². The molecule has 3 heterocycles. The molecule has 0 aliphatic rings. The summed E-state index contributed by atoms with van der Waals surface area (Å²) < 4.78 is 1.81. The average molecular weight is 380 g/mol. The molecule has 0 fully saturated rings. The summed E-state index contributed by atoms with van der Waals surface area (Å²) >= 11 is 3.08. The Morgan fingerprint density at radius 1 is 1.19 bits per heavy atom. The SMILES string of the molecule is O=C(CSc1nccn2nc(-c3cccs3)cc12)NCc1ccccc1. The van der Waals surface area contributed by atoms with Crippen molar-refractivity contribution in [2.24, 2.45) is 0 Å². The molecule has 5 nitrogen and oxygen atoms in total. The van der Waals surface area contributed by atoms with Gasteiger partial charge in [-0.2, -0.15) is 5.10 Å². The number of fused-ring (bicyclic) bond motifs is 1. The number of thiophene rings is 1. The molecule has 0 atom stereocenters. The van der Waals surface area contributed by atoms with Crippen LogP contribution in [0.2, 0.25) is 0 Å². The molecule has 1 aromatic carbocycles. The van der Waals surface area contributed by atoms with Crippen molar-refractivity contribution >= 4 is 34.5 Å². The van der Waals surface area contributed by atoms with Gasteiger partial charge in [0.15, 0.2) is 0 Å². The molecule has 0 unspecified atom stereocenters. The molecule has 3 aromatic heterocycles. The average Bonchev–Trinajstić information content (AvgIpc) is 3.34. The van der Waals surface area contributed by atoms with Crippen molar-refractivity contribution in [3.05, 3.63) is 71.9 Å². The number of hydrogen-bond acceptors (Lipinski definition) is 5. The zero-order valence-electron chi connectivity index (χ0n) is 13.8. The van der Waals surface area contributed by atoms with Gasteiger partial charge in [-0.25, -0.2) is 9.50 Å². The first kappa shape index (κ1) is 16.8. The van der Waals surface area contributed by atoms with Crippen molar-refractivity contribution in [3.8, 4) is 10.6 Å². The standard InChI is InChI=1S/C19H16N4OS2/c24-18(21-12-14-5-2-1-3-6-14)13-26-19-16-11-15(17-7-4-10-25-17)22-23(16)9-8-20-19/h1-11H,12-13H2,(H,21,24). The maximum absolute atomic E-state index is 12.1. The first-order valence-electron chi connectivity index (χ1n) is 8.11. The molecule has 0 saturated heterocycles. The van der Waals surface area contributed by atoms with Crippen LogP contribution in [0.25, 0.3) is 16.1 Å². The molecular weight excluding hydrogens is 364 g/mol. The van der Waals surface area contributed by atoms with Crippen LogP contribution in [0.4, 0.5) is 0 Å². The van der Waals surface area contributed by atoms with Gasteiger partial charge < -0.3 is 5.32 Å². The third-order valence-electron chi connectivity index (χ3n) is 3.80. The highest BCUT2D eigenvalue weighted by atomic mass is 32.2. The molecule has 0 radical (unpaired) electrons. The molecule has 0 aliphatic heterocycles. The number of carbonyl (C=O) groups is 1. The second-order valence-electron chi connectivity index (χ2n) is 5.62. The van der Waals surface area contributed by atoms with E-state index in [0.717, 1.165) is 26.7 Å². The Labute approximate surface area is 159 Å².